The number of carbonyl (C=O) groups is 1. The smallest absolute Gasteiger partial charge is 0.379 e. The van der Waals surface area contributed by atoms with E-state index in [1.165, 1.54) is 0 Å². The second-order valence-electron chi connectivity index (χ2n) is 3.88. The molecule has 1 aromatic carbocycles. The van der Waals surface area contributed by atoms with Crippen molar-refractivity contribution in [2.24, 2.45) is 5.73 Å². The van der Waals surface area contributed by atoms with Gasteiger partial charge in [-0.2, -0.15) is 4.98 Å². The summed E-state index contributed by atoms with van der Waals surface area (Å²) in [5.41, 5.74) is 7.35. The van der Waals surface area contributed by atoms with Crippen LogP contribution in [0.15, 0.2) is 28.8 Å². The summed E-state index contributed by atoms with van der Waals surface area (Å²) in [5, 5.41) is 3.60. The largest absolute Gasteiger partial charge is 0.460 e. The van der Waals surface area contributed by atoms with Crippen molar-refractivity contribution in [2.75, 3.05) is 13.2 Å². The van der Waals surface area contributed by atoms with Crippen molar-refractivity contribution in [3.05, 3.63) is 35.7 Å². The van der Waals surface area contributed by atoms with Gasteiger partial charge in [0.1, 0.15) is 0 Å². The van der Waals surface area contributed by atoms with Crippen molar-refractivity contribution in [3.8, 4) is 11.5 Å². The first-order chi connectivity index (χ1) is 9.24. The molecule has 1 aromatic heterocycles. The molecule has 100 valence electrons. The molecular weight excluding hydrogens is 246 g/mol. The van der Waals surface area contributed by atoms with Gasteiger partial charge in [-0.05, 0) is 42.7 Å². The fourth-order valence-corrected chi connectivity index (χ4v) is 1.65. The molecule has 0 amide bonds. The Kier molecular flexibility index (Phi) is 4.25. The van der Waals surface area contributed by atoms with Gasteiger partial charge in [0.25, 0.3) is 11.7 Å². The molecule has 19 heavy (non-hydrogen) atoms. The maximum absolute atomic E-state index is 11.4. The Balaban J connectivity index is 2.22. The number of esters is 1. The van der Waals surface area contributed by atoms with Crippen LogP contribution in [0.1, 0.15) is 23.1 Å². The SMILES string of the molecule is CCOC(=O)c1noc(-c2cccc(CCN)c2)n1. The number of carbonyl (C=O) groups excluding carboxylic acids is 1. The third kappa shape index (κ3) is 3.17. The van der Waals surface area contributed by atoms with Gasteiger partial charge >= 0.3 is 5.97 Å². The van der Waals surface area contributed by atoms with Crippen LogP contribution in [0.2, 0.25) is 0 Å². The van der Waals surface area contributed by atoms with Gasteiger partial charge in [0.2, 0.25) is 0 Å². The first kappa shape index (κ1) is 13.2. The number of benzene rings is 1. The van der Waals surface area contributed by atoms with Gasteiger partial charge in [-0.25, -0.2) is 4.79 Å². The summed E-state index contributed by atoms with van der Waals surface area (Å²) >= 11 is 0. The fraction of sp³-hybridized carbons (Fsp3) is 0.308. The van der Waals surface area contributed by atoms with E-state index in [4.69, 9.17) is 15.0 Å². The quantitative estimate of drug-likeness (QED) is 0.818. The number of rotatable bonds is 5. The summed E-state index contributed by atoms with van der Waals surface area (Å²) < 4.78 is 9.86. The summed E-state index contributed by atoms with van der Waals surface area (Å²) in [6.07, 6.45) is 0.771. The molecule has 2 aromatic rings. The van der Waals surface area contributed by atoms with E-state index < -0.39 is 5.97 Å². The standard InChI is InChI=1S/C13H15N3O3/c1-2-18-13(17)11-15-12(19-16-11)10-5-3-4-9(8-10)6-7-14/h3-5,8H,2,6-7,14H2,1H3. The Bertz CT molecular complexity index is 566. The van der Waals surface area contributed by atoms with Crippen LogP contribution in [0.3, 0.4) is 0 Å². The highest BCUT2D eigenvalue weighted by molar-refractivity contribution is 5.85. The zero-order chi connectivity index (χ0) is 13.7. The van der Waals surface area contributed by atoms with Gasteiger partial charge in [-0.3, -0.25) is 0 Å². The second kappa shape index (κ2) is 6.10. The molecule has 0 saturated carbocycles. The Morgan fingerprint density at radius 2 is 2.32 bits per heavy atom. The Morgan fingerprint density at radius 1 is 1.47 bits per heavy atom. The zero-order valence-corrected chi connectivity index (χ0v) is 10.6. The molecule has 0 radical (unpaired) electrons. The molecule has 0 unspecified atom stereocenters. The summed E-state index contributed by atoms with van der Waals surface area (Å²) in [6.45, 7) is 2.56. The normalized spacial score (nSPS) is 10.4. The third-order valence-electron chi connectivity index (χ3n) is 2.49. The van der Waals surface area contributed by atoms with Gasteiger partial charge in [0.15, 0.2) is 0 Å². The summed E-state index contributed by atoms with van der Waals surface area (Å²) in [6, 6.07) is 7.60. The molecule has 2 N–H and O–H groups in total. The molecule has 6 nitrogen and oxygen atoms in total. The molecule has 0 aliphatic heterocycles. The van der Waals surface area contributed by atoms with E-state index in [1.54, 1.807) is 6.92 Å². The van der Waals surface area contributed by atoms with Crippen LogP contribution >= 0.6 is 0 Å². The van der Waals surface area contributed by atoms with Crippen molar-refractivity contribution < 1.29 is 14.1 Å². The van der Waals surface area contributed by atoms with Crippen LogP contribution in [0.4, 0.5) is 0 Å². The molecule has 0 atom stereocenters. The van der Waals surface area contributed by atoms with E-state index in [-0.39, 0.29) is 12.4 Å². The highest BCUT2D eigenvalue weighted by Gasteiger charge is 2.16. The molecule has 6 heteroatoms. The van der Waals surface area contributed by atoms with E-state index >= 15 is 0 Å². The van der Waals surface area contributed by atoms with Crippen LogP contribution in [-0.2, 0) is 11.2 Å². The predicted octanol–water partition coefficient (Wildman–Crippen LogP) is 1.41. The first-order valence-corrected chi connectivity index (χ1v) is 6.04. The topological polar surface area (TPSA) is 91.2 Å². The highest BCUT2D eigenvalue weighted by atomic mass is 16.5. The van der Waals surface area contributed by atoms with E-state index in [1.807, 2.05) is 24.3 Å². The van der Waals surface area contributed by atoms with Crippen molar-refractivity contribution in [2.45, 2.75) is 13.3 Å². The van der Waals surface area contributed by atoms with Crippen molar-refractivity contribution in [1.82, 2.24) is 10.1 Å². The number of nitrogens with zero attached hydrogens (tertiary/aromatic N) is 2. The minimum Gasteiger partial charge on any atom is -0.460 e. The second-order valence-corrected chi connectivity index (χ2v) is 3.88. The monoisotopic (exact) mass is 261 g/mol. The predicted molar refractivity (Wildman–Crippen MR) is 68.4 cm³/mol. The number of nitrogens with two attached hydrogens (primary N) is 1. The lowest BCUT2D eigenvalue weighted by atomic mass is 10.1. The minimum atomic E-state index is -0.587. The van der Waals surface area contributed by atoms with Crippen LogP contribution in [0.5, 0.6) is 0 Å². The van der Waals surface area contributed by atoms with Gasteiger partial charge in [-0.15, -0.1) is 0 Å². The maximum atomic E-state index is 11.4. The van der Waals surface area contributed by atoms with E-state index in [0.29, 0.717) is 12.4 Å². The molecule has 0 bridgehead atoms. The lowest BCUT2D eigenvalue weighted by Crippen LogP contribution is -2.06. The number of hydrogen-bond acceptors (Lipinski definition) is 6. The summed E-state index contributed by atoms with van der Waals surface area (Å²) in [7, 11) is 0. The van der Waals surface area contributed by atoms with Crippen LogP contribution in [-0.4, -0.2) is 29.3 Å². The average Bonchev–Trinajstić information content (AvgIpc) is 2.89. The van der Waals surface area contributed by atoms with Crippen LogP contribution in [0.25, 0.3) is 11.5 Å². The van der Waals surface area contributed by atoms with Gasteiger partial charge in [0.05, 0.1) is 6.61 Å². The Hall–Kier alpha value is -2.21. The summed E-state index contributed by atoms with van der Waals surface area (Å²) in [5.74, 6) is -0.362. The maximum Gasteiger partial charge on any atom is 0.379 e. The van der Waals surface area contributed by atoms with Crippen molar-refractivity contribution >= 4 is 5.97 Å². The lowest BCUT2D eigenvalue weighted by molar-refractivity contribution is 0.0508. The molecule has 0 aliphatic rings. The van der Waals surface area contributed by atoms with Crippen molar-refractivity contribution in [3.63, 3.8) is 0 Å². The first-order valence-electron chi connectivity index (χ1n) is 6.04. The number of ether oxygens (including phenoxy) is 1. The van der Waals surface area contributed by atoms with Gasteiger partial charge < -0.3 is 15.0 Å². The van der Waals surface area contributed by atoms with E-state index in [2.05, 4.69) is 10.1 Å². The molecule has 2 rings (SSSR count). The Morgan fingerprint density at radius 3 is 3.05 bits per heavy atom. The summed E-state index contributed by atoms with van der Waals surface area (Å²) in [4.78, 5) is 15.5. The van der Waals surface area contributed by atoms with E-state index in [9.17, 15) is 4.79 Å². The van der Waals surface area contributed by atoms with Crippen molar-refractivity contribution in [1.29, 1.82) is 0 Å². The highest BCUT2D eigenvalue weighted by Crippen LogP contribution is 2.18. The van der Waals surface area contributed by atoms with Crippen LogP contribution in [0, 0.1) is 0 Å². The van der Waals surface area contributed by atoms with E-state index in [0.717, 1.165) is 17.5 Å². The Labute approximate surface area is 110 Å². The molecular formula is C13H15N3O3. The zero-order valence-electron chi connectivity index (χ0n) is 10.6. The lowest BCUT2D eigenvalue weighted by Gasteiger charge is -1.99. The fourth-order valence-electron chi connectivity index (χ4n) is 1.65. The van der Waals surface area contributed by atoms with Gasteiger partial charge in [0, 0.05) is 5.56 Å². The molecule has 0 aliphatic carbocycles. The number of hydrogen-bond donors (Lipinski definition) is 1. The average molecular weight is 261 g/mol. The van der Waals surface area contributed by atoms with Gasteiger partial charge in [-0.1, -0.05) is 12.1 Å². The van der Waals surface area contributed by atoms with Crippen LogP contribution < -0.4 is 5.73 Å². The molecule has 0 fully saturated rings. The minimum absolute atomic E-state index is 0.0684. The third-order valence-corrected chi connectivity index (χ3v) is 2.49. The molecule has 1 heterocycles. The molecule has 0 saturated heterocycles. The molecule has 0 spiro atoms. The number of aromatic nitrogens is 2.